The molecule has 0 aromatic rings. The number of carbonyl (C=O) groups is 2. The van der Waals surface area contributed by atoms with E-state index in [9.17, 15) is 9.59 Å². The normalized spacial score (nSPS) is 29.8. The molecule has 2 fully saturated rings. The number of hydrogen-bond acceptors (Lipinski definition) is 4. The van der Waals surface area contributed by atoms with Gasteiger partial charge in [0.1, 0.15) is 5.54 Å². The van der Waals surface area contributed by atoms with Gasteiger partial charge in [-0.15, -0.1) is 0 Å². The van der Waals surface area contributed by atoms with Gasteiger partial charge in [0.15, 0.2) is 0 Å². The number of fused-ring (bicyclic) bond motifs is 1. The Bertz CT molecular complexity index is 377. The molecule has 5 heteroatoms. The number of amides is 2. The topological polar surface area (TPSA) is 87.2 Å². The number of nitrogens with zero attached hydrogens (tertiary/aromatic N) is 2. The van der Waals surface area contributed by atoms with Crippen LogP contribution in [0.15, 0.2) is 0 Å². The highest BCUT2D eigenvalue weighted by atomic mass is 16.2. The number of imide groups is 1. The van der Waals surface area contributed by atoms with Crippen LogP contribution in [0.3, 0.4) is 0 Å². The molecule has 0 bridgehead atoms. The van der Waals surface area contributed by atoms with Gasteiger partial charge in [0.2, 0.25) is 11.8 Å². The highest BCUT2D eigenvalue weighted by molar-refractivity contribution is 6.08. The van der Waals surface area contributed by atoms with Crippen LogP contribution in [0.1, 0.15) is 32.6 Å². The van der Waals surface area contributed by atoms with Crippen LogP contribution >= 0.6 is 0 Å². The molecule has 2 aliphatic rings. The van der Waals surface area contributed by atoms with Crippen LogP contribution in [0.4, 0.5) is 0 Å². The minimum Gasteiger partial charge on any atom is -0.314 e. The van der Waals surface area contributed by atoms with E-state index < -0.39 is 5.54 Å². The fraction of sp³-hybridized carbons (Fsp3) is 0.750. The quantitative estimate of drug-likeness (QED) is 0.552. The molecule has 3 atom stereocenters. The molecule has 2 amide bonds. The molecular formula is C12H17N3O2. The molecule has 17 heavy (non-hydrogen) atoms. The third-order valence-electron chi connectivity index (χ3n) is 3.54. The van der Waals surface area contributed by atoms with Crippen molar-refractivity contribution in [3.8, 4) is 6.07 Å². The molecule has 1 heterocycles. The van der Waals surface area contributed by atoms with Crippen molar-refractivity contribution in [3.05, 3.63) is 0 Å². The van der Waals surface area contributed by atoms with E-state index in [0.717, 1.165) is 19.3 Å². The molecule has 5 nitrogen and oxygen atoms in total. The summed E-state index contributed by atoms with van der Waals surface area (Å²) in [6, 6.07) is 2.03. The molecule has 0 spiro atoms. The Morgan fingerprint density at radius 3 is 2.53 bits per heavy atom. The number of likely N-dealkylation sites (tertiary alicyclic amines) is 1. The Morgan fingerprint density at radius 1 is 1.41 bits per heavy atom. The first-order valence-corrected chi connectivity index (χ1v) is 6.01. The number of nitrogens with two attached hydrogens (primary N) is 1. The highest BCUT2D eigenvalue weighted by Crippen LogP contribution is 2.46. The van der Waals surface area contributed by atoms with E-state index in [2.05, 4.69) is 0 Å². The van der Waals surface area contributed by atoms with E-state index in [1.54, 1.807) is 6.92 Å². The van der Waals surface area contributed by atoms with Crippen LogP contribution in [-0.4, -0.2) is 28.8 Å². The van der Waals surface area contributed by atoms with Crippen molar-refractivity contribution in [1.82, 2.24) is 4.90 Å². The van der Waals surface area contributed by atoms with E-state index in [4.69, 9.17) is 11.0 Å². The van der Waals surface area contributed by atoms with Gasteiger partial charge in [-0.05, 0) is 32.6 Å². The fourth-order valence-corrected chi connectivity index (χ4v) is 2.29. The van der Waals surface area contributed by atoms with Crippen LogP contribution < -0.4 is 5.73 Å². The second kappa shape index (κ2) is 4.11. The first-order chi connectivity index (χ1) is 7.96. The Hall–Kier alpha value is -1.41. The minimum atomic E-state index is -0.804. The Labute approximate surface area is 101 Å². The Morgan fingerprint density at radius 2 is 2.00 bits per heavy atom. The molecule has 1 saturated carbocycles. The van der Waals surface area contributed by atoms with Crippen molar-refractivity contribution in [3.63, 3.8) is 0 Å². The summed E-state index contributed by atoms with van der Waals surface area (Å²) in [5.74, 6) is -0.0330. The van der Waals surface area contributed by atoms with Gasteiger partial charge in [-0.2, -0.15) is 5.26 Å². The average Bonchev–Trinajstić information content (AvgIpc) is 3.03. The SMILES string of the molecule is CC(N)(C#N)CCCCN1C(=O)C2CC2C1=O. The smallest absolute Gasteiger partial charge is 0.233 e. The lowest BCUT2D eigenvalue weighted by molar-refractivity contribution is -0.141. The summed E-state index contributed by atoms with van der Waals surface area (Å²) < 4.78 is 0. The van der Waals surface area contributed by atoms with Crippen molar-refractivity contribution in [2.24, 2.45) is 17.6 Å². The second-order valence-corrected chi connectivity index (χ2v) is 5.26. The van der Waals surface area contributed by atoms with Crippen LogP contribution in [-0.2, 0) is 9.59 Å². The maximum absolute atomic E-state index is 11.6. The zero-order chi connectivity index (χ0) is 12.6. The van der Waals surface area contributed by atoms with Gasteiger partial charge in [-0.1, -0.05) is 0 Å². The highest BCUT2D eigenvalue weighted by Gasteiger charge is 2.58. The molecular weight excluding hydrogens is 218 g/mol. The van der Waals surface area contributed by atoms with E-state index in [0.29, 0.717) is 13.0 Å². The van der Waals surface area contributed by atoms with Gasteiger partial charge >= 0.3 is 0 Å². The van der Waals surface area contributed by atoms with Crippen molar-refractivity contribution in [2.45, 2.75) is 38.1 Å². The van der Waals surface area contributed by atoms with Crippen molar-refractivity contribution >= 4 is 11.8 Å². The molecule has 3 unspecified atom stereocenters. The zero-order valence-electron chi connectivity index (χ0n) is 9.98. The number of hydrogen-bond donors (Lipinski definition) is 1. The maximum atomic E-state index is 11.6. The third kappa shape index (κ3) is 2.32. The van der Waals surface area contributed by atoms with E-state index in [1.165, 1.54) is 4.90 Å². The lowest BCUT2D eigenvalue weighted by Gasteiger charge is -2.18. The number of nitriles is 1. The summed E-state index contributed by atoms with van der Waals surface area (Å²) in [6.07, 6.45) is 2.83. The maximum Gasteiger partial charge on any atom is 0.233 e. The molecule has 2 rings (SSSR count). The summed E-state index contributed by atoms with van der Waals surface area (Å²) in [4.78, 5) is 24.6. The summed E-state index contributed by atoms with van der Waals surface area (Å²) in [7, 11) is 0. The Kier molecular flexibility index (Phi) is 2.92. The molecule has 92 valence electrons. The third-order valence-corrected chi connectivity index (χ3v) is 3.54. The van der Waals surface area contributed by atoms with E-state index >= 15 is 0 Å². The summed E-state index contributed by atoms with van der Waals surface area (Å²) in [5, 5.41) is 8.74. The number of unbranched alkanes of at least 4 members (excludes halogenated alkanes) is 1. The van der Waals surface area contributed by atoms with Gasteiger partial charge in [0.25, 0.3) is 0 Å². The molecule has 0 aromatic carbocycles. The summed E-state index contributed by atoms with van der Waals surface area (Å²) in [5.41, 5.74) is 4.88. The van der Waals surface area contributed by atoms with Gasteiger partial charge in [-0.25, -0.2) is 0 Å². The van der Waals surface area contributed by atoms with Gasteiger partial charge in [0, 0.05) is 6.54 Å². The first-order valence-electron chi connectivity index (χ1n) is 6.01. The van der Waals surface area contributed by atoms with Gasteiger partial charge in [-0.3, -0.25) is 14.5 Å². The molecule has 2 N–H and O–H groups in total. The predicted molar refractivity (Wildman–Crippen MR) is 60.4 cm³/mol. The lowest BCUT2D eigenvalue weighted by atomic mass is 9.98. The van der Waals surface area contributed by atoms with Crippen molar-refractivity contribution < 1.29 is 9.59 Å². The Balaban J connectivity index is 1.72. The minimum absolute atomic E-state index is 0.00390. The first kappa shape index (κ1) is 12.1. The average molecular weight is 235 g/mol. The molecule has 1 aliphatic heterocycles. The van der Waals surface area contributed by atoms with Crippen LogP contribution in [0.2, 0.25) is 0 Å². The van der Waals surface area contributed by atoms with E-state index in [1.807, 2.05) is 6.07 Å². The standard InChI is InChI=1S/C12H17N3O2/c1-12(14,7-13)4-2-3-5-15-10(16)8-6-9(8)11(15)17/h8-9H,2-6,14H2,1H3. The molecule has 0 radical (unpaired) electrons. The van der Waals surface area contributed by atoms with Crippen LogP contribution in [0, 0.1) is 23.2 Å². The summed E-state index contributed by atoms with van der Waals surface area (Å²) >= 11 is 0. The van der Waals surface area contributed by atoms with Gasteiger partial charge < -0.3 is 5.73 Å². The predicted octanol–water partition coefficient (Wildman–Crippen LogP) is 0.403. The van der Waals surface area contributed by atoms with Crippen molar-refractivity contribution in [1.29, 1.82) is 5.26 Å². The number of piperidine rings is 1. The number of carbonyl (C=O) groups excluding carboxylic acids is 2. The fourth-order valence-electron chi connectivity index (χ4n) is 2.29. The molecule has 1 saturated heterocycles. The molecule has 0 aromatic heterocycles. The monoisotopic (exact) mass is 235 g/mol. The lowest BCUT2D eigenvalue weighted by Crippen LogP contribution is -2.35. The molecule has 1 aliphatic carbocycles. The largest absolute Gasteiger partial charge is 0.314 e. The van der Waals surface area contributed by atoms with Crippen LogP contribution in [0.5, 0.6) is 0 Å². The van der Waals surface area contributed by atoms with Crippen molar-refractivity contribution in [2.75, 3.05) is 6.54 Å². The number of rotatable bonds is 5. The van der Waals surface area contributed by atoms with Crippen LogP contribution in [0.25, 0.3) is 0 Å². The summed E-state index contributed by atoms with van der Waals surface area (Å²) in [6.45, 7) is 2.17. The van der Waals surface area contributed by atoms with E-state index in [-0.39, 0.29) is 23.7 Å². The zero-order valence-corrected chi connectivity index (χ0v) is 9.98. The second-order valence-electron chi connectivity index (χ2n) is 5.26. The van der Waals surface area contributed by atoms with Gasteiger partial charge in [0.05, 0.1) is 17.9 Å².